The number of fused-ring (bicyclic) bond motifs is 2. The SMILES string of the molecule is CCC(N)C(=O)N[C@H]1CCc2ccccc2N(Cc2c(OC)cnc3ccccc23)C1=O. The van der Waals surface area contributed by atoms with E-state index in [0.717, 1.165) is 27.7 Å². The maximum absolute atomic E-state index is 13.7. The summed E-state index contributed by atoms with van der Waals surface area (Å²) in [6.07, 6.45) is 3.39. The number of carbonyl (C=O) groups excluding carboxylic acids is 2. The third-order valence-corrected chi connectivity index (χ3v) is 6.03. The van der Waals surface area contributed by atoms with Crippen LogP contribution in [0.3, 0.4) is 0 Å². The van der Waals surface area contributed by atoms with Crippen molar-refractivity contribution >= 4 is 28.4 Å². The number of pyridine rings is 1. The summed E-state index contributed by atoms with van der Waals surface area (Å²) in [6.45, 7) is 2.15. The summed E-state index contributed by atoms with van der Waals surface area (Å²) in [5.41, 5.74) is 9.51. The molecule has 166 valence electrons. The summed E-state index contributed by atoms with van der Waals surface area (Å²) >= 11 is 0. The van der Waals surface area contributed by atoms with Gasteiger partial charge in [0.2, 0.25) is 11.8 Å². The van der Waals surface area contributed by atoms with Crippen LogP contribution in [0.1, 0.15) is 30.9 Å². The third-order valence-electron chi connectivity index (χ3n) is 6.03. The first-order valence-electron chi connectivity index (χ1n) is 10.9. The zero-order valence-electron chi connectivity index (χ0n) is 18.4. The quantitative estimate of drug-likeness (QED) is 0.624. The van der Waals surface area contributed by atoms with Gasteiger partial charge in [0.05, 0.1) is 31.4 Å². The van der Waals surface area contributed by atoms with E-state index >= 15 is 0 Å². The molecule has 0 saturated heterocycles. The number of methoxy groups -OCH3 is 1. The number of hydrogen-bond acceptors (Lipinski definition) is 5. The molecule has 2 heterocycles. The molecule has 0 fully saturated rings. The molecule has 32 heavy (non-hydrogen) atoms. The Labute approximate surface area is 187 Å². The minimum atomic E-state index is -0.647. The molecule has 2 aromatic carbocycles. The molecule has 4 rings (SSSR count). The highest BCUT2D eigenvalue weighted by Gasteiger charge is 2.33. The fraction of sp³-hybridized carbons (Fsp3) is 0.320. The van der Waals surface area contributed by atoms with Crippen LogP contribution in [0, 0.1) is 0 Å². The Kier molecular flexibility index (Phi) is 6.37. The van der Waals surface area contributed by atoms with Gasteiger partial charge in [-0.3, -0.25) is 14.6 Å². The standard InChI is InChI=1S/C25H28N4O3/c1-3-19(26)24(30)28-21-13-12-16-8-4-7-11-22(16)29(25(21)31)15-18-17-9-5-6-10-20(17)27-14-23(18)32-2/h4-11,14,19,21H,3,12-13,15,26H2,1-2H3,(H,28,30)/t19?,21-/m0/s1. The van der Waals surface area contributed by atoms with Crippen molar-refractivity contribution in [1.29, 1.82) is 0 Å². The zero-order valence-corrected chi connectivity index (χ0v) is 18.4. The van der Waals surface area contributed by atoms with Crippen LogP contribution in [-0.2, 0) is 22.6 Å². The predicted octanol–water partition coefficient (Wildman–Crippen LogP) is 2.94. The van der Waals surface area contributed by atoms with Crippen molar-refractivity contribution < 1.29 is 14.3 Å². The van der Waals surface area contributed by atoms with Crippen molar-refractivity contribution in [3.05, 3.63) is 65.9 Å². The molecule has 3 aromatic rings. The smallest absolute Gasteiger partial charge is 0.249 e. The molecule has 7 nitrogen and oxygen atoms in total. The van der Waals surface area contributed by atoms with Crippen LogP contribution < -0.4 is 20.7 Å². The number of rotatable bonds is 6. The van der Waals surface area contributed by atoms with Gasteiger partial charge in [-0.2, -0.15) is 0 Å². The molecule has 2 amide bonds. The van der Waals surface area contributed by atoms with Crippen LogP contribution in [0.5, 0.6) is 5.75 Å². The van der Waals surface area contributed by atoms with E-state index in [1.807, 2.05) is 55.5 Å². The number of aromatic nitrogens is 1. The van der Waals surface area contributed by atoms with Gasteiger partial charge >= 0.3 is 0 Å². The highest BCUT2D eigenvalue weighted by Crippen LogP contribution is 2.33. The number of benzene rings is 2. The van der Waals surface area contributed by atoms with Gasteiger partial charge in [0.15, 0.2) is 0 Å². The molecule has 0 aliphatic carbocycles. The van der Waals surface area contributed by atoms with E-state index in [9.17, 15) is 9.59 Å². The summed E-state index contributed by atoms with van der Waals surface area (Å²) in [6, 6.07) is 14.4. The summed E-state index contributed by atoms with van der Waals surface area (Å²) in [5.74, 6) is 0.157. The Morgan fingerprint density at radius 1 is 1.25 bits per heavy atom. The largest absolute Gasteiger partial charge is 0.495 e. The Hall–Kier alpha value is -3.45. The topological polar surface area (TPSA) is 97.6 Å². The summed E-state index contributed by atoms with van der Waals surface area (Å²) in [4.78, 5) is 32.4. The minimum absolute atomic E-state index is 0.158. The molecule has 1 aromatic heterocycles. The first-order chi connectivity index (χ1) is 15.5. The fourth-order valence-electron chi connectivity index (χ4n) is 4.15. The van der Waals surface area contributed by atoms with E-state index < -0.39 is 12.1 Å². The van der Waals surface area contributed by atoms with Gasteiger partial charge in [0, 0.05) is 16.6 Å². The third kappa shape index (κ3) is 4.16. The fourth-order valence-corrected chi connectivity index (χ4v) is 4.15. The highest BCUT2D eigenvalue weighted by atomic mass is 16.5. The van der Waals surface area contributed by atoms with Gasteiger partial charge in [-0.15, -0.1) is 0 Å². The average Bonchev–Trinajstić information content (AvgIpc) is 2.95. The number of hydrogen-bond donors (Lipinski definition) is 2. The lowest BCUT2D eigenvalue weighted by molar-refractivity contribution is -0.128. The number of aryl methyl sites for hydroxylation is 1. The van der Waals surface area contributed by atoms with Crippen LogP contribution in [0.2, 0.25) is 0 Å². The van der Waals surface area contributed by atoms with Gasteiger partial charge in [-0.1, -0.05) is 43.3 Å². The first-order valence-corrected chi connectivity index (χ1v) is 10.9. The van der Waals surface area contributed by atoms with Crippen molar-refractivity contribution in [1.82, 2.24) is 10.3 Å². The number of carbonyl (C=O) groups is 2. The van der Waals surface area contributed by atoms with Gasteiger partial charge in [0.25, 0.3) is 0 Å². The molecule has 2 atom stereocenters. The molecule has 0 bridgehead atoms. The molecule has 0 saturated carbocycles. The normalized spacial score (nSPS) is 16.9. The molecule has 1 unspecified atom stereocenters. The van der Waals surface area contributed by atoms with Gasteiger partial charge in [-0.05, 0) is 37.0 Å². The van der Waals surface area contributed by atoms with Gasteiger partial charge in [0.1, 0.15) is 11.8 Å². The van der Waals surface area contributed by atoms with Crippen molar-refractivity contribution in [2.75, 3.05) is 12.0 Å². The van der Waals surface area contributed by atoms with Crippen LogP contribution in [-0.4, -0.2) is 36.0 Å². The maximum Gasteiger partial charge on any atom is 0.249 e. The number of nitrogens with two attached hydrogens (primary N) is 1. The van der Waals surface area contributed by atoms with Crippen LogP contribution >= 0.6 is 0 Å². The molecular weight excluding hydrogens is 404 g/mol. The van der Waals surface area contributed by atoms with E-state index in [1.54, 1.807) is 18.2 Å². The van der Waals surface area contributed by atoms with E-state index in [1.165, 1.54) is 0 Å². The van der Waals surface area contributed by atoms with E-state index in [2.05, 4.69) is 10.3 Å². The predicted molar refractivity (Wildman–Crippen MR) is 124 cm³/mol. The monoisotopic (exact) mass is 432 g/mol. The van der Waals surface area contributed by atoms with Crippen molar-refractivity contribution in [3.8, 4) is 5.75 Å². The molecule has 1 aliphatic heterocycles. The second-order valence-electron chi connectivity index (χ2n) is 7.99. The number of nitrogens with one attached hydrogen (secondary N) is 1. The summed E-state index contributed by atoms with van der Waals surface area (Å²) < 4.78 is 5.60. The van der Waals surface area contributed by atoms with E-state index in [-0.39, 0.29) is 11.8 Å². The molecule has 0 spiro atoms. The first kappa shape index (κ1) is 21.8. The Balaban J connectivity index is 1.76. The van der Waals surface area contributed by atoms with E-state index in [0.29, 0.717) is 31.6 Å². The Morgan fingerprint density at radius 3 is 2.78 bits per heavy atom. The highest BCUT2D eigenvalue weighted by molar-refractivity contribution is 6.01. The molecule has 0 radical (unpaired) electrons. The number of nitrogens with zero attached hydrogens (tertiary/aromatic N) is 2. The van der Waals surface area contributed by atoms with Gasteiger partial charge < -0.3 is 20.7 Å². The minimum Gasteiger partial charge on any atom is -0.495 e. The average molecular weight is 433 g/mol. The maximum atomic E-state index is 13.7. The summed E-state index contributed by atoms with van der Waals surface area (Å²) in [5, 5.41) is 3.80. The van der Waals surface area contributed by atoms with Crippen molar-refractivity contribution in [2.45, 2.75) is 44.8 Å². The Bertz CT molecular complexity index is 1150. The molecular formula is C25H28N4O3. The Morgan fingerprint density at radius 2 is 2.00 bits per heavy atom. The lowest BCUT2D eigenvalue weighted by Crippen LogP contribution is -2.52. The van der Waals surface area contributed by atoms with Gasteiger partial charge in [-0.25, -0.2) is 0 Å². The second-order valence-corrected chi connectivity index (χ2v) is 7.99. The van der Waals surface area contributed by atoms with Crippen LogP contribution in [0.4, 0.5) is 5.69 Å². The molecule has 3 N–H and O–H groups in total. The number of amides is 2. The van der Waals surface area contributed by atoms with Crippen LogP contribution in [0.15, 0.2) is 54.7 Å². The lowest BCUT2D eigenvalue weighted by atomic mass is 10.1. The molecule has 7 heteroatoms. The zero-order chi connectivity index (χ0) is 22.7. The number of ether oxygens (including phenoxy) is 1. The van der Waals surface area contributed by atoms with Crippen LogP contribution in [0.25, 0.3) is 10.9 Å². The number of anilines is 1. The lowest BCUT2D eigenvalue weighted by Gasteiger charge is -2.28. The van der Waals surface area contributed by atoms with E-state index in [4.69, 9.17) is 10.5 Å². The molecule has 1 aliphatic rings. The van der Waals surface area contributed by atoms with Crippen molar-refractivity contribution in [3.63, 3.8) is 0 Å². The summed E-state index contributed by atoms with van der Waals surface area (Å²) in [7, 11) is 1.60. The number of para-hydroxylation sites is 2. The van der Waals surface area contributed by atoms with Crippen molar-refractivity contribution in [2.24, 2.45) is 5.73 Å². The second kappa shape index (κ2) is 9.36.